The van der Waals surface area contributed by atoms with E-state index < -0.39 is 36.1 Å². The lowest BCUT2D eigenvalue weighted by Gasteiger charge is -2.34. The van der Waals surface area contributed by atoms with Crippen molar-refractivity contribution in [2.75, 3.05) is 69.9 Å². The van der Waals surface area contributed by atoms with Crippen molar-refractivity contribution in [3.8, 4) is 11.1 Å². The highest BCUT2D eigenvalue weighted by molar-refractivity contribution is 6.23. The second-order valence-corrected chi connectivity index (χ2v) is 17.1. The van der Waals surface area contributed by atoms with E-state index in [0.717, 1.165) is 46.7 Å². The molecule has 4 N–H and O–H groups in total. The van der Waals surface area contributed by atoms with Crippen molar-refractivity contribution in [2.24, 2.45) is 0 Å². The number of piperidine rings is 1. The summed E-state index contributed by atoms with van der Waals surface area (Å²) in [5.74, 6) is -2.63. The van der Waals surface area contributed by atoms with Gasteiger partial charge in [0.05, 0.1) is 42.8 Å². The Kier molecular flexibility index (Phi) is 12.8. The van der Waals surface area contributed by atoms with Crippen LogP contribution in [0.3, 0.4) is 0 Å². The summed E-state index contributed by atoms with van der Waals surface area (Å²) in [6.45, 7) is 3.91. The minimum atomic E-state index is -2.78. The van der Waals surface area contributed by atoms with E-state index in [1.54, 1.807) is 36.3 Å². The van der Waals surface area contributed by atoms with Gasteiger partial charge >= 0.3 is 6.03 Å². The normalized spacial score (nSPS) is 18.6. The Bertz CT molecular complexity index is 2570. The molecule has 1 unspecified atom stereocenters. The van der Waals surface area contributed by atoms with Gasteiger partial charge in [-0.2, -0.15) is 5.10 Å². The van der Waals surface area contributed by atoms with Gasteiger partial charge in [0.1, 0.15) is 12.6 Å². The molecule has 0 bridgehead atoms. The molecule has 9 rings (SSSR count). The third-order valence-electron chi connectivity index (χ3n) is 13.0. The molecule has 4 aromatic rings. The smallest absolute Gasteiger partial charge is 0.317 e. The fraction of sp³-hybridized carbons (Fsp3) is 0.457. The summed E-state index contributed by atoms with van der Waals surface area (Å²) in [4.78, 5) is 80.4. The molecule has 7 heterocycles. The van der Waals surface area contributed by atoms with Crippen LogP contribution in [0.1, 0.15) is 87.7 Å². The summed E-state index contributed by atoms with van der Waals surface area (Å²) in [6.07, 6.45) is 6.57. The van der Waals surface area contributed by atoms with Crippen molar-refractivity contribution < 1.29 is 47.0 Å². The van der Waals surface area contributed by atoms with Crippen molar-refractivity contribution >= 4 is 52.6 Å². The number of nitrogens with one attached hydrogen (secondary N) is 4. The Morgan fingerprint density at radius 2 is 1.73 bits per heavy atom. The number of benzene rings is 2. The number of ether oxygens (including phenoxy) is 2. The van der Waals surface area contributed by atoms with E-state index in [4.69, 9.17) is 9.47 Å². The number of halogens is 2. The molecule has 0 aliphatic carbocycles. The lowest BCUT2D eigenvalue weighted by molar-refractivity contribution is -0.136. The summed E-state index contributed by atoms with van der Waals surface area (Å²) in [5.41, 5.74) is 6.46. The molecular formula is C46H52F2N10O8. The van der Waals surface area contributed by atoms with E-state index in [9.17, 15) is 37.5 Å². The quantitative estimate of drug-likeness (QED) is 0.105. The van der Waals surface area contributed by atoms with Gasteiger partial charge in [0.15, 0.2) is 0 Å². The van der Waals surface area contributed by atoms with Gasteiger partial charge in [-0.1, -0.05) is 0 Å². The molecule has 7 amide bonds. The molecule has 18 nitrogen and oxygen atoms in total. The number of hydrogen-bond acceptors (Lipinski definition) is 11. The molecule has 0 saturated carbocycles. The van der Waals surface area contributed by atoms with Crippen LogP contribution in [0.5, 0.6) is 0 Å². The highest BCUT2D eigenvalue weighted by Crippen LogP contribution is 2.45. The second-order valence-electron chi connectivity index (χ2n) is 17.1. The first-order chi connectivity index (χ1) is 32.0. The molecule has 5 aliphatic heterocycles. The van der Waals surface area contributed by atoms with Crippen molar-refractivity contribution in [3.63, 3.8) is 0 Å². The molecule has 2 aromatic carbocycles. The van der Waals surface area contributed by atoms with E-state index in [1.165, 1.54) is 22.6 Å². The number of aryl methyl sites for hydroxylation is 1. The molecule has 0 spiro atoms. The van der Waals surface area contributed by atoms with Gasteiger partial charge in [0, 0.05) is 111 Å². The maximum Gasteiger partial charge on any atom is 0.317 e. The standard InChI is InChI=1S/C46H52F2N10O8/c1-49-46(64)54-14-8-36-35(24-54)39(25-57(36)30-9-15-65-16-10-30)56-13-2-3-27-19-32(33(42(47)48)21-38(27)56)28-22-52-55(23-28)26-41(60)51-12-18-66-17-11-50-29-4-5-31-34(20-29)45(63)58(44(31)62)37-6-7-40(59)53-43(37)61/h4-5,19-23,25,30,37,42,50H,2-3,6-18,24,26H2,1H3,(H,49,64)(H,51,60)(H,53,59,61). The lowest BCUT2D eigenvalue weighted by Crippen LogP contribution is -2.54. The Labute approximate surface area is 378 Å². The molecular weight excluding hydrogens is 859 g/mol. The second kappa shape index (κ2) is 19.0. The molecule has 2 aromatic heterocycles. The average molecular weight is 911 g/mol. The minimum absolute atomic E-state index is 0.0367. The zero-order valence-corrected chi connectivity index (χ0v) is 36.6. The fourth-order valence-corrected chi connectivity index (χ4v) is 9.74. The number of hydrogen-bond donors (Lipinski definition) is 4. The summed E-state index contributed by atoms with van der Waals surface area (Å²) < 4.78 is 45.1. The maximum absolute atomic E-state index is 15.0. The van der Waals surface area contributed by atoms with Gasteiger partial charge in [0.25, 0.3) is 18.2 Å². The largest absolute Gasteiger partial charge is 0.383 e. The Morgan fingerprint density at radius 3 is 2.52 bits per heavy atom. The summed E-state index contributed by atoms with van der Waals surface area (Å²) in [5, 5.41) is 15.2. The first-order valence-electron chi connectivity index (χ1n) is 22.4. The van der Waals surface area contributed by atoms with Crippen LogP contribution in [0.25, 0.3) is 11.1 Å². The fourth-order valence-electron chi connectivity index (χ4n) is 9.74. The molecule has 348 valence electrons. The lowest BCUT2D eigenvalue weighted by atomic mass is 9.92. The van der Waals surface area contributed by atoms with Crippen LogP contribution in [0, 0.1) is 0 Å². The number of imide groups is 2. The number of alkyl halides is 2. The maximum atomic E-state index is 15.0. The summed E-state index contributed by atoms with van der Waals surface area (Å²) >= 11 is 0. The average Bonchev–Trinajstić information content (AvgIpc) is 4.01. The zero-order chi connectivity index (χ0) is 46.1. The van der Waals surface area contributed by atoms with Gasteiger partial charge in [-0.15, -0.1) is 0 Å². The highest BCUT2D eigenvalue weighted by Gasteiger charge is 2.44. The predicted octanol–water partition coefficient (Wildman–Crippen LogP) is 4.07. The molecule has 1 atom stereocenters. The first kappa shape index (κ1) is 44.5. The van der Waals surface area contributed by atoms with Crippen molar-refractivity contribution in [3.05, 3.63) is 82.4 Å². The summed E-state index contributed by atoms with van der Waals surface area (Å²) in [6, 6.07) is 7.20. The SMILES string of the molecule is CNC(=O)N1CCc2c(c(N3CCCc4cc(-c5cnn(CC(=O)NCCOCCNc6ccc7c(c6)C(=O)N(C6CCC(=O)NC6=O)C7=O)c5)c(C(F)F)cc43)cn2C2CCOCC2)C1. The van der Waals surface area contributed by atoms with Crippen LogP contribution in [-0.4, -0.2) is 125 Å². The number of carbonyl (C=O) groups is 6. The van der Waals surface area contributed by atoms with Crippen LogP contribution in [0.4, 0.5) is 30.6 Å². The van der Waals surface area contributed by atoms with Gasteiger partial charge in [-0.05, 0) is 73.6 Å². The van der Waals surface area contributed by atoms with E-state index in [0.29, 0.717) is 69.0 Å². The van der Waals surface area contributed by atoms with Crippen LogP contribution >= 0.6 is 0 Å². The van der Waals surface area contributed by atoms with Crippen molar-refractivity contribution in [1.29, 1.82) is 0 Å². The van der Waals surface area contributed by atoms with Crippen LogP contribution < -0.4 is 26.2 Å². The van der Waals surface area contributed by atoms with Crippen LogP contribution in [0.15, 0.2) is 48.9 Å². The van der Waals surface area contributed by atoms with E-state index in [1.807, 2.05) is 6.07 Å². The van der Waals surface area contributed by atoms with Crippen LogP contribution in [-0.2, 0) is 49.8 Å². The van der Waals surface area contributed by atoms with Gasteiger partial charge in [0.2, 0.25) is 17.7 Å². The van der Waals surface area contributed by atoms with Gasteiger partial charge < -0.3 is 39.8 Å². The topological polar surface area (TPSA) is 201 Å². The van der Waals surface area contributed by atoms with E-state index in [-0.39, 0.29) is 73.8 Å². The molecule has 66 heavy (non-hydrogen) atoms. The number of urea groups is 1. The number of aromatic nitrogens is 3. The Hall–Kier alpha value is -6.67. The Morgan fingerprint density at radius 1 is 0.924 bits per heavy atom. The third kappa shape index (κ3) is 8.85. The molecule has 2 saturated heterocycles. The predicted molar refractivity (Wildman–Crippen MR) is 235 cm³/mol. The monoisotopic (exact) mass is 910 g/mol. The van der Waals surface area contributed by atoms with Crippen molar-refractivity contribution in [2.45, 2.75) is 76.5 Å². The third-order valence-corrected chi connectivity index (χ3v) is 13.0. The van der Waals surface area contributed by atoms with Gasteiger partial charge in [-0.3, -0.25) is 38.9 Å². The number of anilines is 3. The number of fused-ring (bicyclic) bond motifs is 3. The van der Waals surface area contributed by atoms with E-state index >= 15 is 0 Å². The molecule has 2 fully saturated rings. The zero-order valence-electron chi connectivity index (χ0n) is 36.6. The molecule has 5 aliphatic rings. The minimum Gasteiger partial charge on any atom is -0.383 e. The first-order valence-corrected chi connectivity index (χ1v) is 22.4. The number of rotatable bonds is 14. The number of carbonyl (C=O) groups excluding carboxylic acids is 6. The highest BCUT2D eigenvalue weighted by atomic mass is 19.3. The Balaban J connectivity index is 0.791. The number of nitrogens with zero attached hydrogens (tertiary/aromatic N) is 6. The van der Waals surface area contributed by atoms with Crippen molar-refractivity contribution in [1.82, 2.24) is 40.1 Å². The molecule has 0 radical (unpaired) electrons. The van der Waals surface area contributed by atoms with Crippen LogP contribution in [0.2, 0.25) is 0 Å². The number of amides is 7. The molecule has 20 heteroatoms. The van der Waals surface area contributed by atoms with E-state index in [2.05, 4.69) is 42.0 Å². The van der Waals surface area contributed by atoms with Gasteiger partial charge in [-0.25, -0.2) is 13.6 Å². The summed E-state index contributed by atoms with van der Waals surface area (Å²) in [7, 11) is 1.62.